The number of hydrogen-bond acceptors (Lipinski definition) is 3. The van der Waals surface area contributed by atoms with Gasteiger partial charge in [0.05, 0.1) is 0 Å². The molecule has 0 radical (unpaired) electrons. The van der Waals surface area contributed by atoms with Crippen LogP contribution in [0.15, 0.2) is 24.3 Å². The molecule has 4 heteroatoms. The molecule has 3 nitrogen and oxygen atoms in total. The van der Waals surface area contributed by atoms with Crippen LogP contribution in [-0.2, 0) is 0 Å². The molecule has 0 atom stereocenters. The van der Waals surface area contributed by atoms with E-state index in [4.69, 9.17) is 0 Å². The van der Waals surface area contributed by atoms with Crippen LogP contribution in [0.3, 0.4) is 0 Å². The van der Waals surface area contributed by atoms with Crippen LogP contribution in [0.4, 0.5) is 0 Å². The van der Waals surface area contributed by atoms with Gasteiger partial charge in [0.1, 0.15) is 0 Å². The molecule has 0 saturated heterocycles. The zero-order valence-electron chi connectivity index (χ0n) is 14.1. The second-order valence-electron chi connectivity index (χ2n) is 6.47. The molecule has 0 aliphatic carbocycles. The van der Waals surface area contributed by atoms with Crippen LogP contribution in [-0.4, -0.2) is 14.7 Å². The summed E-state index contributed by atoms with van der Waals surface area (Å²) in [5.74, 6) is 0. The van der Waals surface area contributed by atoms with E-state index in [1.165, 1.54) is 0 Å². The third-order valence-corrected chi connectivity index (χ3v) is 7.15. The fraction of sp³-hybridized carbons (Fsp3) is 0.333. The van der Waals surface area contributed by atoms with Crippen molar-refractivity contribution in [1.82, 2.24) is 0 Å². The van der Waals surface area contributed by atoms with Crippen molar-refractivity contribution in [2.24, 2.45) is 0 Å². The molecule has 0 heterocycles. The van der Waals surface area contributed by atoms with Gasteiger partial charge in [-0.25, -0.2) is 0 Å². The quantitative estimate of drug-likeness (QED) is 0.746. The van der Waals surface area contributed by atoms with Crippen LogP contribution >= 0.6 is 7.28 Å². The van der Waals surface area contributed by atoms with Crippen molar-refractivity contribution in [2.75, 3.05) is 0 Å². The molecule has 22 heavy (non-hydrogen) atoms. The second kappa shape index (κ2) is 5.14. The van der Waals surface area contributed by atoms with Gasteiger partial charge in [0.15, 0.2) is 0 Å². The Kier molecular flexibility index (Phi) is 4.00. The fourth-order valence-electron chi connectivity index (χ4n) is 3.76. The average Bonchev–Trinajstić information content (AvgIpc) is 2.22. The second-order valence-corrected chi connectivity index (χ2v) is 9.33. The summed E-state index contributed by atoms with van der Waals surface area (Å²) in [6.07, 6.45) is 0. The fourth-order valence-corrected chi connectivity index (χ4v) is 6.84. The van der Waals surface area contributed by atoms with Crippen molar-refractivity contribution in [3.8, 4) is 0 Å². The van der Waals surface area contributed by atoms with Crippen LogP contribution < -0.4 is 10.6 Å². The molecule has 0 aliphatic heterocycles. The first-order valence-corrected chi connectivity index (χ1v) is 9.45. The van der Waals surface area contributed by atoms with Crippen molar-refractivity contribution >= 4 is 17.9 Å². The van der Waals surface area contributed by atoms with Crippen LogP contribution in [0.5, 0.6) is 0 Å². The summed E-state index contributed by atoms with van der Waals surface area (Å²) in [7, 11) is -5.17. The topological polar surface area (TPSA) is 60.7 Å². The Morgan fingerprint density at radius 3 is 1.00 bits per heavy atom. The molecule has 0 unspecified atom stereocenters. The first-order valence-electron chi connectivity index (χ1n) is 7.36. The Hall–Kier alpha value is -1.25. The van der Waals surface area contributed by atoms with E-state index in [-0.39, 0.29) is 10.6 Å². The van der Waals surface area contributed by atoms with Crippen LogP contribution in [0.25, 0.3) is 0 Å². The molecule has 0 amide bonds. The Morgan fingerprint density at radius 1 is 0.545 bits per heavy atom. The van der Waals surface area contributed by atoms with Gasteiger partial charge in [-0.05, 0) is 0 Å². The summed E-state index contributed by atoms with van der Waals surface area (Å²) in [5, 5.41) is 0.512. The molecule has 2 rings (SSSR count). The third kappa shape index (κ3) is 2.70. The molecular weight excluding hydrogens is 295 g/mol. The predicted octanol–water partition coefficient (Wildman–Crippen LogP) is 2.76. The van der Waals surface area contributed by atoms with Gasteiger partial charge >= 0.3 is 132 Å². The normalized spacial score (nSPS) is 13.8. The summed E-state index contributed by atoms with van der Waals surface area (Å²) < 4.78 is 0. The van der Waals surface area contributed by atoms with Gasteiger partial charge in [-0.1, -0.05) is 0 Å². The van der Waals surface area contributed by atoms with Gasteiger partial charge in [0.25, 0.3) is 0 Å². The van der Waals surface area contributed by atoms with Crippen molar-refractivity contribution in [2.45, 2.75) is 41.5 Å². The van der Waals surface area contributed by atoms with E-state index >= 15 is 0 Å². The van der Waals surface area contributed by atoms with E-state index in [9.17, 15) is 14.7 Å². The van der Waals surface area contributed by atoms with Crippen LogP contribution in [0.1, 0.15) is 33.4 Å². The van der Waals surface area contributed by atoms with Crippen LogP contribution in [0.2, 0.25) is 0 Å². The minimum absolute atomic E-state index is 0.256. The zero-order valence-corrected chi connectivity index (χ0v) is 15.0. The van der Waals surface area contributed by atoms with Crippen molar-refractivity contribution < 1.29 is 14.7 Å². The standard InChI is InChI=1S/C18H25O3P/c1-11-7-13(3)17(14(4)8-11)22(19,20,21)18-15(5)9-12(2)10-16(18)6/h7-10,19-21H,1-6H3. The van der Waals surface area contributed by atoms with Gasteiger partial charge in [0, 0.05) is 0 Å². The Morgan fingerprint density at radius 2 is 0.773 bits per heavy atom. The maximum atomic E-state index is 11.1. The predicted molar refractivity (Wildman–Crippen MR) is 94.2 cm³/mol. The number of rotatable bonds is 2. The summed E-state index contributed by atoms with van der Waals surface area (Å²) in [5.41, 5.74) is 4.85. The molecule has 3 N–H and O–H groups in total. The number of hydrogen-bond donors (Lipinski definition) is 3. The van der Waals surface area contributed by atoms with Gasteiger partial charge in [-0.15, -0.1) is 0 Å². The van der Waals surface area contributed by atoms with E-state index in [1.807, 2.05) is 38.1 Å². The average molecular weight is 320 g/mol. The van der Waals surface area contributed by atoms with E-state index in [0.717, 1.165) is 11.1 Å². The Bertz CT molecular complexity index is 647. The van der Waals surface area contributed by atoms with Crippen molar-refractivity contribution in [3.05, 3.63) is 57.6 Å². The van der Waals surface area contributed by atoms with Gasteiger partial charge in [0.2, 0.25) is 0 Å². The van der Waals surface area contributed by atoms with Gasteiger partial charge < -0.3 is 0 Å². The third-order valence-electron chi connectivity index (χ3n) is 4.09. The summed E-state index contributed by atoms with van der Waals surface area (Å²) >= 11 is 0. The molecule has 0 spiro atoms. The van der Waals surface area contributed by atoms with E-state index in [1.54, 1.807) is 27.7 Å². The molecular formula is C18H25O3P. The summed E-state index contributed by atoms with van der Waals surface area (Å²) in [6, 6.07) is 7.47. The summed E-state index contributed by atoms with van der Waals surface area (Å²) in [4.78, 5) is 33.2. The zero-order chi connectivity index (χ0) is 16.9. The Balaban J connectivity index is 2.88. The van der Waals surface area contributed by atoms with Crippen molar-refractivity contribution in [3.63, 3.8) is 0 Å². The van der Waals surface area contributed by atoms with Gasteiger partial charge in [-0.3, -0.25) is 0 Å². The molecule has 2 aromatic rings. The van der Waals surface area contributed by atoms with E-state index < -0.39 is 7.28 Å². The number of aryl methyl sites for hydroxylation is 6. The van der Waals surface area contributed by atoms with E-state index in [2.05, 4.69) is 0 Å². The molecule has 2 aromatic carbocycles. The minimum atomic E-state index is -5.17. The molecule has 0 fully saturated rings. The SMILES string of the molecule is Cc1cc(C)c(P(O)(O)(O)c2c(C)cc(C)cc2C)c(C)c1. The summed E-state index contributed by atoms with van der Waals surface area (Å²) in [6.45, 7) is 11.1. The first-order chi connectivity index (χ1) is 9.92. The molecule has 120 valence electrons. The molecule has 0 bridgehead atoms. The van der Waals surface area contributed by atoms with Gasteiger partial charge in [-0.2, -0.15) is 0 Å². The maximum absolute atomic E-state index is 11.1. The molecule has 0 aromatic heterocycles. The van der Waals surface area contributed by atoms with Crippen LogP contribution in [0, 0.1) is 41.5 Å². The number of benzene rings is 2. The molecule has 0 saturated carbocycles. The van der Waals surface area contributed by atoms with Crippen molar-refractivity contribution in [1.29, 1.82) is 0 Å². The van der Waals surface area contributed by atoms with E-state index in [0.29, 0.717) is 22.3 Å². The first kappa shape index (κ1) is 17.1. The Labute approximate surface area is 132 Å². The monoisotopic (exact) mass is 320 g/mol. The molecule has 0 aliphatic rings.